The fourth-order valence-electron chi connectivity index (χ4n) is 1.86. The van der Waals surface area contributed by atoms with Gasteiger partial charge in [0, 0.05) is 6.20 Å². The quantitative estimate of drug-likeness (QED) is 0.776. The highest BCUT2D eigenvalue weighted by Gasteiger charge is 2.20. The molecule has 1 aromatic heterocycles. The van der Waals surface area contributed by atoms with E-state index in [0.717, 1.165) is 10.5 Å². The molecule has 4 N–H and O–H groups in total. The van der Waals surface area contributed by atoms with Crippen molar-refractivity contribution in [1.29, 1.82) is 0 Å². The second-order valence-corrected chi connectivity index (χ2v) is 4.54. The SMILES string of the molecule is Nc1ncccc1NCC(=O)N(Cc1ccccc1)C(=O)O. The summed E-state index contributed by atoms with van der Waals surface area (Å²) in [5, 5.41) is 12.0. The fourth-order valence-corrected chi connectivity index (χ4v) is 1.86. The Balaban J connectivity index is 2.01. The highest BCUT2D eigenvalue weighted by atomic mass is 16.4. The molecule has 0 saturated heterocycles. The first-order valence-corrected chi connectivity index (χ1v) is 6.59. The molecule has 114 valence electrons. The average Bonchev–Trinajstić information content (AvgIpc) is 2.52. The van der Waals surface area contributed by atoms with Gasteiger partial charge in [0.25, 0.3) is 5.91 Å². The van der Waals surface area contributed by atoms with E-state index in [9.17, 15) is 14.7 Å². The zero-order valence-corrected chi connectivity index (χ0v) is 11.8. The van der Waals surface area contributed by atoms with Crippen LogP contribution >= 0.6 is 0 Å². The molecule has 2 amide bonds. The van der Waals surface area contributed by atoms with Gasteiger partial charge in [-0.3, -0.25) is 4.79 Å². The number of nitrogens with zero attached hydrogens (tertiary/aromatic N) is 2. The predicted octanol–water partition coefficient (Wildman–Crippen LogP) is 1.78. The van der Waals surface area contributed by atoms with Crippen LogP contribution in [0.1, 0.15) is 5.56 Å². The van der Waals surface area contributed by atoms with E-state index >= 15 is 0 Å². The van der Waals surface area contributed by atoms with E-state index < -0.39 is 12.0 Å². The molecule has 0 aliphatic carbocycles. The lowest BCUT2D eigenvalue weighted by molar-refractivity contribution is -0.127. The first kappa shape index (κ1) is 15.3. The number of carboxylic acid groups (broad SMARTS) is 1. The van der Waals surface area contributed by atoms with Crippen LogP contribution in [-0.4, -0.2) is 33.5 Å². The van der Waals surface area contributed by atoms with Crippen molar-refractivity contribution >= 4 is 23.5 Å². The van der Waals surface area contributed by atoms with E-state index in [4.69, 9.17) is 5.73 Å². The molecule has 7 nitrogen and oxygen atoms in total. The maximum atomic E-state index is 12.1. The Labute approximate surface area is 127 Å². The molecule has 0 unspecified atom stereocenters. The van der Waals surface area contributed by atoms with Gasteiger partial charge in [-0.1, -0.05) is 30.3 Å². The summed E-state index contributed by atoms with van der Waals surface area (Å²) < 4.78 is 0. The van der Waals surface area contributed by atoms with Crippen LogP contribution in [0.25, 0.3) is 0 Å². The summed E-state index contributed by atoms with van der Waals surface area (Å²) in [5.41, 5.74) is 6.87. The summed E-state index contributed by atoms with van der Waals surface area (Å²) in [7, 11) is 0. The lowest BCUT2D eigenvalue weighted by atomic mass is 10.2. The molecule has 0 aliphatic rings. The molecule has 0 spiro atoms. The minimum atomic E-state index is -1.30. The number of imide groups is 1. The standard InChI is InChI=1S/C15H16N4O3/c16-14-12(7-4-8-17-14)18-9-13(20)19(15(21)22)10-11-5-2-1-3-6-11/h1-8,18H,9-10H2,(H2,16,17)(H,21,22). The van der Waals surface area contributed by atoms with Crippen molar-refractivity contribution in [3.8, 4) is 0 Å². The molecule has 0 bridgehead atoms. The average molecular weight is 300 g/mol. The van der Waals surface area contributed by atoms with Gasteiger partial charge >= 0.3 is 6.09 Å². The van der Waals surface area contributed by atoms with Crippen LogP contribution in [0.5, 0.6) is 0 Å². The van der Waals surface area contributed by atoms with Crippen molar-refractivity contribution in [1.82, 2.24) is 9.88 Å². The lowest BCUT2D eigenvalue weighted by Gasteiger charge is -2.18. The summed E-state index contributed by atoms with van der Waals surface area (Å²) in [6.45, 7) is -0.186. The van der Waals surface area contributed by atoms with Crippen LogP contribution in [0.15, 0.2) is 48.7 Å². The Bertz CT molecular complexity index is 661. The smallest absolute Gasteiger partial charge is 0.414 e. The summed E-state index contributed by atoms with van der Waals surface area (Å²) in [6.07, 6.45) is 0.233. The lowest BCUT2D eigenvalue weighted by Crippen LogP contribution is -2.39. The number of carbonyl (C=O) groups is 2. The second-order valence-electron chi connectivity index (χ2n) is 4.54. The van der Waals surface area contributed by atoms with Crippen LogP contribution in [0.3, 0.4) is 0 Å². The number of nitrogens with one attached hydrogen (secondary N) is 1. The van der Waals surface area contributed by atoms with Crippen LogP contribution in [-0.2, 0) is 11.3 Å². The number of rotatable bonds is 5. The van der Waals surface area contributed by atoms with E-state index in [2.05, 4.69) is 10.3 Å². The zero-order valence-electron chi connectivity index (χ0n) is 11.8. The first-order valence-electron chi connectivity index (χ1n) is 6.59. The van der Waals surface area contributed by atoms with Gasteiger partial charge in [-0.2, -0.15) is 0 Å². The van der Waals surface area contributed by atoms with Crippen LogP contribution < -0.4 is 11.1 Å². The number of pyridine rings is 1. The van der Waals surface area contributed by atoms with Gasteiger partial charge < -0.3 is 16.2 Å². The van der Waals surface area contributed by atoms with Crippen LogP contribution in [0, 0.1) is 0 Å². The summed E-state index contributed by atoms with van der Waals surface area (Å²) in [6, 6.07) is 12.2. The molecule has 2 rings (SSSR count). The summed E-state index contributed by atoms with van der Waals surface area (Å²) in [5.74, 6) is -0.320. The van der Waals surface area contributed by atoms with Crippen molar-refractivity contribution in [2.24, 2.45) is 0 Å². The maximum Gasteiger partial charge on any atom is 0.414 e. The van der Waals surface area contributed by atoms with Gasteiger partial charge in [-0.15, -0.1) is 0 Å². The van der Waals surface area contributed by atoms with Gasteiger partial charge in [0.1, 0.15) is 5.82 Å². The van der Waals surface area contributed by atoms with Crippen molar-refractivity contribution < 1.29 is 14.7 Å². The van der Waals surface area contributed by atoms with E-state index in [-0.39, 0.29) is 18.9 Å². The van der Waals surface area contributed by atoms with Crippen molar-refractivity contribution in [2.45, 2.75) is 6.54 Å². The number of hydrogen-bond donors (Lipinski definition) is 3. The minimum Gasteiger partial charge on any atom is -0.465 e. The zero-order chi connectivity index (χ0) is 15.9. The molecule has 2 aromatic rings. The normalized spacial score (nSPS) is 10.0. The number of nitrogen functional groups attached to an aromatic ring is 1. The molecule has 0 aliphatic heterocycles. The molecule has 7 heteroatoms. The molecule has 1 aromatic carbocycles. The largest absolute Gasteiger partial charge is 0.465 e. The van der Waals surface area contributed by atoms with Crippen molar-refractivity contribution in [2.75, 3.05) is 17.6 Å². The van der Waals surface area contributed by atoms with E-state index in [1.54, 1.807) is 36.4 Å². The fraction of sp³-hybridized carbons (Fsp3) is 0.133. The Morgan fingerprint density at radius 3 is 2.55 bits per heavy atom. The van der Waals surface area contributed by atoms with E-state index in [1.807, 2.05) is 6.07 Å². The Kier molecular flexibility index (Phi) is 4.92. The molecule has 22 heavy (non-hydrogen) atoms. The third kappa shape index (κ3) is 3.95. The van der Waals surface area contributed by atoms with Gasteiger partial charge in [0.2, 0.25) is 0 Å². The molecular formula is C15H16N4O3. The number of anilines is 2. The highest BCUT2D eigenvalue weighted by molar-refractivity contribution is 5.93. The van der Waals surface area contributed by atoms with Gasteiger partial charge in [-0.25, -0.2) is 14.7 Å². The Morgan fingerprint density at radius 1 is 1.18 bits per heavy atom. The summed E-state index contributed by atoms with van der Waals surface area (Å²) >= 11 is 0. The third-order valence-electron chi connectivity index (χ3n) is 2.98. The number of hydrogen-bond acceptors (Lipinski definition) is 5. The molecule has 0 saturated carbocycles. The van der Waals surface area contributed by atoms with Crippen LogP contribution in [0.2, 0.25) is 0 Å². The van der Waals surface area contributed by atoms with Crippen molar-refractivity contribution in [3.05, 3.63) is 54.2 Å². The number of nitrogens with two attached hydrogens (primary N) is 1. The maximum absolute atomic E-state index is 12.1. The molecular weight excluding hydrogens is 284 g/mol. The molecule has 0 radical (unpaired) electrons. The Morgan fingerprint density at radius 2 is 1.91 bits per heavy atom. The van der Waals surface area contributed by atoms with E-state index in [1.165, 1.54) is 6.20 Å². The van der Waals surface area contributed by atoms with Gasteiger partial charge in [-0.05, 0) is 17.7 Å². The topological polar surface area (TPSA) is 109 Å². The van der Waals surface area contributed by atoms with Gasteiger partial charge in [0.15, 0.2) is 0 Å². The number of aromatic nitrogens is 1. The third-order valence-corrected chi connectivity index (χ3v) is 2.98. The van der Waals surface area contributed by atoms with Crippen molar-refractivity contribution in [3.63, 3.8) is 0 Å². The number of carbonyl (C=O) groups excluding carboxylic acids is 1. The highest BCUT2D eigenvalue weighted by Crippen LogP contribution is 2.13. The molecule has 0 fully saturated rings. The van der Waals surface area contributed by atoms with E-state index in [0.29, 0.717) is 5.69 Å². The predicted molar refractivity (Wildman–Crippen MR) is 82.2 cm³/mol. The minimum absolute atomic E-state index is 0.000785. The second kappa shape index (κ2) is 7.07. The first-order chi connectivity index (χ1) is 10.6. The number of benzene rings is 1. The van der Waals surface area contributed by atoms with Gasteiger partial charge in [0.05, 0.1) is 18.8 Å². The number of amides is 2. The molecule has 0 atom stereocenters. The van der Waals surface area contributed by atoms with Crippen LogP contribution in [0.4, 0.5) is 16.3 Å². The summed E-state index contributed by atoms with van der Waals surface area (Å²) in [4.78, 5) is 28.0. The monoisotopic (exact) mass is 300 g/mol. The Hall–Kier alpha value is -3.09. The molecule has 1 heterocycles.